The number of aromatic nitrogens is 2. The molecule has 0 radical (unpaired) electrons. The lowest BCUT2D eigenvalue weighted by molar-refractivity contribution is -0.140. The number of aryl methyl sites for hydroxylation is 1. The van der Waals surface area contributed by atoms with Crippen molar-refractivity contribution in [1.82, 2.24) is 9.55 Å². The molecule has 3 heterocycles. The van der Waals surface area contributed by atoms with E-state index in [1.165, 1.54) is 5.56 Å². The Morgan fingerprint density at radius 2 is 1.96 bits per heavy atom. The summed E-state index contributed by atoms with van der Waals surface area (Å²) in [7, 11) is 0. The molecule has 0 unspecified atom stereocenters. The van der Waals surface area contributed by atoms with Gasteiger partial charge in [0, 0.05) is 28.5 Å². The number of carbonyl (C=O) groups excluding carboxylic acids is 1. The van der Waals surface area contributed by atoms with E-state index in [1.807, 2.05) is 12.1 Å². The van der Waals surface area contributed by atoms with Gasteiger partial charge in [0.1, 0.15) is 5.60 Å². The molecule has 3 aromatic rings. The van der Waals surface area contributed by atoms with Gasteiger partial charge in [0.2, 0.25) is 0 Å². The van der Waals surface area contributed by atoms with Gasteiger partial charge in [-0.25, -0.2) is 4.98 Å². The first-order chi connectivity index (χ1) is 13.5. The zero-order valence-electron chi connectivity index (χ0n) is 16.1. The average molecular weight is 374 g/mol. The van der Waals surface area contributed by atoms with Gasteiger partial charge in [0.25, 0.3) is 5.56 Å². The average Bonchev–Trinajstić information content (AvgIpc) is 3.07. The molecule has 0 amide bonds. The monoisotopic (exact) mass is 374 g/mol. The van der Waals surface area contributed by atoms with Crippen LogP contribution >= 0.6 is 0 Å². The molecule has 1 aromatic carbocycles. The summed E-state index contributed by atoms with van der Waals surface area (Å²) in [5.74, 6) is -0.205. The summed E-state index contributed by atoms with van der Waals surface area (Å²) in [6.45, 7) is 4.38. The number of benzene rings is 1. The summed E-state index contributed by atoms with van der Waals surface area (Å²) < 4.78 is 1.74. The molecule has 5 nitrogen and oxygen atoms in total. The predicted molar refractivity (Wildman–Crippen MR) is 107 cm³/mol. The molecule has 0 spiro atoms. The lowest BCUT2D eigenvalue weighted by Gasteiger charge is -2.32. The van der Waals surface area contributed by atoms with Crippen LogP contribution in [0.4, 0.5) is 0 Å². The molecule has 2 aromatic heterocycles. The Morgan fingerprint density at radius 3 is 2.71 bits per heavy atom. The van der Waals surface area contributed by atoms with Crippen LogP contribution in [0.25, 0.3) is 22.3 Å². The number of nitrogens with zero attached hydrogens (tertiary/aromatic N) is 2. The number of pyridine rings is 2. The molecule has 0 bridgehead atoms. The Bertz CT molecular complexity index is 1220. The summed E-state index contributed by atoms with van der Waals surface area (Å²) in [6.07, 6.45) is 1.82. The number of fused-ring (bicyclic) bond motifs is 5. The molecule has 1 atom stereocenters. The fraction of sp³-hybridized carbons (Fsp3) is 0.348. The van der Waals surface area contributed by atoms with E-state index in [4.69, 9.17) is 4.98 Å². The van der Waals surface area contributed by atoms with Gasteiger partial charge in [-0.3, -0.25) is 9.59 Å². The van der Waals surface area contributed by atoms with Crippen LogP contribution in [0.1, 0.15) is 48.9 Å². The van der Waals surface area contributed by atoms with Crippen molar-refractivity contribution in [1.29, 1.82) is 0 Å². The molecular formula is C23H22N2O3. The first-order valence-corrected chi connectivity index (χ1v) is 9.92. The molecule has 1 N–H and O–H groups in total. The van der Waals surface area contributed by atoms with E-state index in [2.05, 4.69) is 25.1 Å². The van der Waals surface area contributed by atoms with E-state index < -0.39 is 5.60 Å². The highest BCUT2D eigenvalue weighted by molar-refractivity contribution is 5.91. The summed E-state index contributed by atoms with van der Waals surface area (Å²) in [5, 5.41) is 12.1. The maximum atomic E-state index is 13.2. The maximum Gasteiger partial charge on any atom is 0.254 e. The smallest absolute Gasteiger partial charge is 0.254 e. The third kappa shape index (κ3) is 2.20. The number of rotatable bonds is 2. The van der Waals surface area contributed by atoms with E-state index in [0.717, 1.165) is 28.6 Å². The number of aliphatic hydroxyl groups is 1. The second-order valence-corrected chi connectivity index (χ2v) is 7.83. The van der Waals surface area contributed by atoms with Crippen molar-refractivity contribution in [2.45, 2.75) is 51.7 Å². The maximum absolute atomic E-state index is 13.2. The fourth-order valence-electron chi connectivity index (χ4n) is 4.64. The summed E-state index contributed by atoms with van der Waals surface area (Å²) >= 11 is 0. The van der Waals surface area contributed by atoms with Crippen LogP contribution in [0.5, 0.6) is 0 Å². The van der Waals surface area contributed by atoms with Crippen LogP contribution in [-0.2, 0) is 29.8 Å². The van der Waals surface area contributed by atoms with Crippen LogP contribution in [0.3, 0.4) is 0 Å². The Balaban J connectivity index is 1.76. The molecule has 5 heteroatoms. The summed E-state index contributed by atoms with van der Waals surface area (Å²) in [4.78, 5) is 30.4. The van der Waals surface area contributed by atoms with Gasteiger partial charge in [-0.2, -0.15) is 0 Å². The number of hydrogen-bond donors (Lipinski definition) is 1. The molecule has 0 saturated heterocycles. The molecule has 2 aliphatic rings. The zero-order chi connectivity index (χ0) is 19.6. The van der Waals surface area contributed by atoms with Crippen molar-refractivity contribution in [2.24, 2.45) is 0 Å². The molecule has 28 heavy (non-hydrogen) atoms. The van der Waals surface area contributed by atoms with Gasteiger partial charge < -0.3 is 9.67 Å². The van der Waals surface area contributed by atoms with E-state index in [-0.39, 0.29) is 24.2 Å². The molecule has 1 aliphatic carbocycles. The number of ketones is 1. The molecule has 1 aliphatic heterocycles. The SMILES string of the molecule is CCc1ccc2nc3c(cc2c1)Cn1c-3cc2c(c1=O)CCC(=O)[C@]2(O)CC. The minimum absolute atomic E-state index is 0.108. The first kappa shape index (κ1) is 17.3. The van der Waals surface area contributed by atoms with E-state index >= 15 is 0 Å². The number of carbonyl (C=O) groups is 1. The Labute approximate surface area is 162 Å². The predicted octanol–water partition coefficient (Wildman–Crippen LogP) is 3.10. The summed E-state index contributed by atoms with van der Waals surface area (Å²) in [6, 6.07) is 10.2. The van der Waals surface area contributed by atoms with Crippen LogP contribution in [0.15, 0.2) is 35.1 Å². The second-order valence-electron chi connectivity index (χ2n) is 7.83. The van der Waals surface area contributed by atoms with Gasteiger partial charge in [0.05, 0.1) is 23.4 Å². The van der Waals surface area contributed by atoms with Crippen LogP contribution in [-0.4, -0.2) is 20.4 Å². The fourth-order valence-corrected chi connectivity index (χ4v) is 4.64. The summed E-state index contributed by atoms with van der Waals surface area (Å²) in [5.41, 5.74) is 3.97. The number of hydrogen-bond acceptors (Lipinski definition) is 4. The van der Waals surface area contributed by atoms with Crippen molar-refractivity contribution in [3.8, 4) is 11.4 Å². The highest BCUT2D eigenvalue weighted by Crippen LogP contribution is 2.39. The van der Waals surface area contributed by atoms with Gasteiger partial charge in [-0.15, -0.1) is 0 Å². The van der Waals surface area contributed by atoms with Crippen molar-refractivity contribution >= 4 is 16.7 Å². The van der Waals surface area contributed by atoms with Gasteiger partial charge in [-0.05, 0) is 49.1 Å². The van der Waals surface area contributed by atoms with E-state index in [9.17, 15) is 14.7 Å². The molecule has 5 rings (SSSR count). The van der Waals surface area contributed by atoms with Crippen molar-refractivity contribution in [2.75, 3.05) is 0 Å². The second kappa shape index (κ2) is 5.85. The van der Waals surface area contributed by atoms with Crippen molar-refractivity contribution in [3.05, 3.63) is 62.9 Å². The van der Waals surface area contributed by atoms with Crippen LogP contribution < -0.4 is 5.56 Å². The first-order valence-electron chi connectivity index (χ1n) is 9.92. The minimum Gasteiger partial charge on any atom is -0.377 e. The largest absolute Gasteiger partial charge is 0.377 e. The molecule has 0 saturated carbocycles. The van der Waals surface area contributed by atoms with Crippen molar-refractivity contribution in [3.63, 3.8) is 0 Å². The third-order valence-corrected chi connectivity index (χ3v) is 6.36. The van der Waals surface area contributed by atoms with Gasteiger partial charge in [-0.1, -0.05) is 19.9 Å². The van der Waals surface area contributed by atoms with Crippen LogP contribution in [0, 0.1) is 0 Å². The van der Waals surface area contributed by atoms with E-state index in [1.54, 1.807) is 11.5 Å². The highest BCUT2D eigenvalue weighted by Gasteiger charge is 2.43. The normalized spacial score (nSPS) is 20.2. The molecular weight excluding hydrogens is 352 g/mol. The van der Waals surface area contributed by atoms with Crippen molar-refractivity contribution < 1.29 is 9.90 Å². The van der Waals surface area contributed by atoms with Gasteiger partial charge in [0.15, 0.2) is 5.78 Å². The van der Waals surface area contributed by atoms with E-state index in [0.29, 0.717) is 29.8 Å². The Kier molecular flexibility index (Phi) is 3.62. The lowest BCUT2D eigenvalue weighted by atomic mass is 9.77. The van der Waals surface area contributed by atoms with Gasteiger partial charge >= 0.3 is 0 Å². The minimum atomic E-state index is -1.57. The topological polar surface area (TPSA) is 72.2 Å². The standard InChI is InChI=1S/C23H22N2O3/c1-3-13-5-7-18-14(9-13)10-15-12-25-19(21(15)24-18)11-17-16(22(25)27)6-8-20(26)23(17,28)4-2/h5,7,9-11,28H,3-4,6,8,12H2,1-2H3/t23-/m0/s1. The Morgan fingerprint density at radius 1 is 1.14 bits per heavy atom. The lowest BCUT2D eigenvalue weighted by Crippen LogP contribution is -2.43. The third-order valence-electron chi connectivity index (χ3n) is 6.36. The molecule has 142 valence electrons. The quantitative estimate of drug-likeness (QED) is 0.585. The molecule has 0 fully saturated rings. The van der Waals surface area contributed by atoms with Crippen LogP contribution in [0.2, 0.25) is 0 Å². The number of Topliss-reactive ketones (excluding diaryl/α,β-unsaturated/α-hetero) is 1. The zero-order valence-corrected chi connectivity index (χ0v) is 16.1. The highest BCUT2D eigenvalue weighted by atomic mass is 16.3. The Hall–Kier alpha value is -2.79.